The number of rotatable bonds is 4. The molecule has 12 heavy (non-hydrogen) atoms. The molecule has 0 aliphatic heterocycles. The molecule has 0 bridgehead atoms. The topological polar surface area (TPSA) is 71.4 Å². The molecule has 0 radical (unpaired) electrons. The molecule has 0 aliphatic rings. The number of aliphatic hydroxyl groups excluding tert-OH is 1. The minimum Gasteiger partial charge on any atom is -0.565 e. The van der Waals surface area contributed by atoms with Crippen LogP contribution in [0.25, 0.3) is 0 Å². The first-order valence-electron chi connectivity index (χ1n) is 2.51. The second kappa shape index (κ2) is 29.2. The molecule has 0 aliphatic carbocycles. The van der Waals surface area contributed by atoms with Crippen LogP contribution < -0.4 is 103 Å². The molecule has 0 atom stereocenters. The molecule has 58 valence electrons. The van der Waals surface area contributed by atoms with Gasteiger partial charge < -0.3 is 19.5 Å². The van der Waals surface area contributed by atoms with Gasteiger partial charge >= 0.3 is 103 Å². The Balaban J connectivity index is -0.0000000457. The van der Waals surface area contributed by atoms with Crippen molar-refractivity contribution in [2.24, 2.45) is 0 Å². The Morgan fingerprint density at radius 3 is 1.75 bits per heavy atom. The minimum absolute atomic E-state index is 0. The fourth-order valence-corrected chi connectivity index (χ4v) is 0.0771. The van der Waals surface area contributed by atoms with Gasteiger partial charge in [-0.15, -0.1) is 6.42 Å². The van der Waals surface area contributed by atoms with E-state index in [-0.39, 0.29) is 116 Å². The monoisotopic (exact) mass is 222 g/mol. The van der Waals surface area contributed by atoms with Crippen LogP contribution in [0.5, 0.6) is 0 Å². The molecule has 0 fully saturated rings. The third-order valence-electron chi connectivity index (χ3n) is 0.368. The van der Waals surface area contributed by atoms with E-state index < -0.39 is 0 Å². The zero-order valence-electron chi connectivity index (χ0n) is 7.32. The molecular formula is C6H8K2O4. The maximum Gasteiger partial charge on any atom is 1.00 e. The third kappa shape index (κ3) is 39.7. The quantitative estimate of drug-likeness (QED) is 0.222. The molecule has 0 unspecified atom stereocenters. The number of aldehydes is 2. The average Bonchev–Trinajstić information content (AvgIpc) is 1.93. The molecule has 0 saturated heterocycles. The van der Waals surface area contributed by atoms with E-state index in [4.69, 9.17) is 14.7 Å². The van der Waals surface area contributed by atoms with E-state index in [1.54, 1.807) is 0 Å². The van der Waals surface area contributed by atoms with Gasteiger partial charge in [-0.2, -0.15) is 0 Å². The molecule has 0 aromatic rings. The second-order valence-corrected chi connectivity index (χ2v) is 1.10. The summed E-state index contributed by atoms with van der Waals surface area (Å²) < 4.78 is 0. The minimum atomic E-state index is -0.0972. The van der Waals surface area contributed by atoms with Crippen LogP contribution in [0.2, 0.25) is 0 Å². The molecule has 0 aromatic heterocycles. The Labute approximate surface area is 157 Å². The van der Waals surface area contributed by atoms with Gasteiger partial charge in [0.25, 0.3) is 0 Å². The van der Waals surface area contributed by atoms with Crippen LogP contribution in [-0.4, -0.2) is 24.0 Å². The van der Waals surface area contributed by atoms with Crippen molar-refractivity contribution >= 4 is 18.9 Å². The van der Waals surface area contributed by atoms with E-state index in [0.29, 0.717) is 12.6 Å². The molecule has 0 saturated carbocycles. The smallest absolute Gasteiger partial charge is 0.565 e. The predicted octanol–water partition coefficient (Wildman–Crippen LogP) is -6.20. The number of carbonyl (C=O) groups is 2. The Hall–Kier alpha value is 2.24. The Morgan fingerprint density at radius 1 is 1.25 bits per heavy atom. The van der Waals surface area contributed by atoms with Crippen molar-refractivity contribution in [2.45, 2.75) is 12.8 Å². The van der Waals surface area contributed by atoms with Gasteiger partial charge in [0.2, 0.25) is 0 Å². The van der Waals surface area contributed by atoms with Crippen LogP contribution in [-0.2, 0) is 14.4 Å². The zero-order chi connectivity index (χ0) is 8.24. The van der Waals surface area contributed by atoms with E-state index in [0.717, 1.165) is 6.61 Å². The molecular weight excluding hydrogens is 214 g/mol. The molecule has 6 heteroatoms. The third-order valence-corrected chi connectivity index (χ3v) is 0.368. The van der Waals surface area contributed by atoms with Crippen molar-refractivity contribution in [2.75, 3.05) is 0 Å². The summed E-state index contributed by atoms with van der Waals surface area (Å²) in [6.07, 6.45) is 2.57. The van der Waals surface area contributed by atoms with Gasteiger partial charge in [0, 0.05) is 0 Å². The summed E-state index contributed by atoms with van der Waals surface area (Å²) in [6, 6.07) is 0. The molecule has 0 amide bonds. The second-order valence-electron chi connectivity index (χ2n) is 1.10. The van der Waals surface area contributed by atoms with E-state index in [2.05, 4.69) is 0 Å². The standard InChI is InChI=1S/C3H5O2.C3H3O2.2K/c2*4-2-1-3-5;;/h2-4H,1H2;2H,1H2;;/q2*-1;2*+1. The van der Waals surface area contributed by atoms with Gasteiger partial charge in [-0.05, 0) is 0 Å². The molecule has 1 N–H and O–H groups in total. The van der Waals surface area contributed by atoms with Gasteiger partial charge in [0.1, 0.15) is 0 Å². The van der Waals surface area contributed by atoms with Gasteiger partial charge in [-0.3, -0.25) is 6.29 Å². The van der Waals surface area contributed by atoms with Crippen LogP contribution in [0.4, 0.5) is 0 Å². The fourth-order valence-electron chi connectivity index (χ4n) is 0.0771. The first-order chi connectivity index (χ1) is 4.83. The normalized spacial score (nSPS) is 5.75. The maximum absolute atomic E-state index is 9.21. The van der Waals surface area contributed by atoms with Crippen molar-refractivity contribution in [3.05, 3.63) is 6.61 Å². The van der Waals surface area contributed by atoms with Crippen LogP contribution in [0.15, 0.2) is 0 Å². The van der Waals surface area contributed by atoms with Crippen molar-refractivity contribution in [3.63, 3.8) is 0 Å². The van der Waals surface area contributed by atoms with Crippen LogP contribution in [0, 0.1) is 6.61 Å². The summed E-state index contributed by atoms with van der Waals surface area (Å²) >= 11 is 0. The number of hydrogen-bond acceptors (Lipinski definition) is 4. The van der Waals surface area contributed by atoms with E-state index in [1.165, 1.54) is 6.29 Å². The van der Waals surface area contributed by atoms with Gasteiger partial charge in [-0.25, -0.2) is 6.61 Å². The van der Waals surface area contributed by atoms with Gasteiger partial charge in [-0.1, -0.05) is 6.42 Å². The first-order valence-corrected chi connectivity index (χ1v) is 2.51. The number of carbonyl (C=O) groups excluding carboxylic acids is 3. The molecule has 0 aromatic carbocycles. The molecule has 4 nitrogen and oxygen atoms in total. The summed E-state index contributed by atoms with van der Waals surface area (Å²) in [6.45, 7) is 0.812. The van der Waals surface area contributed by atoms with Crippen molar-refractivity contribution in [3.8, 4) is 0 Å². The van der Waals surface area contributed by atoms with Gasteiger partial charge in [0.15, 0.2) is 0 Å². The van der Waals surface area contributed by atoms with Gasteiger partial charge in [0.05, 0.1) is 12.6 Å². The van der Waals surface area contributed by atoms with Crippen LogP contribution in [0.1, 0.15) is 12.8 Å². The fraction of sp³-hybridized carbons (Fsp3) is 0.333. The predicted molar refractivity (Wildman–Crippen MR) is 33.3 cm³/mol. The van der Waals surface area contributed by atoms with Crippen molar-refractivity contribution in [1.82, 2.24) is 0 Å². The summed E-state index contributed by atoms with van der Waals surface area (Å²) in [5.41, 5.74) is 0. The number of hydrogen-bond donors (Lipinski definition) is 1. The molecule has 0 rings (SSSR count). The van der Waals surface area contributed by atoms with Crippen molar-refractivity contribution < 1.29 is 122 Å². The maximum atomic E-state index is 9.21. The Morgan fingerprint density at radius 2 is 1.75 bits per heavy atom. The van der Waals surface area contributed by atoms with E-state index in [9.17, 15) is 4.79 Å². The molecule has 0 heterocycles. The first kappa shape index (κ1) is 23.8. The zero-order valence-corrected chi connectivity index (χ0v) is 13.6. The van der Waals surface area contributed by atoms with Crippen LogP contribution in [0.3, 0.4) is 0 Å². The Kier molecular flexibility index (Phi) is 58.0. The van der Waals surface area contributed by atoms with E-state index in [1.807, 2.05) is 0 Å². The SMILES string of the molecule is O=CC[CH-]O.O=[C-]CC=O.[K+].[K+]. The summed E-state index contributed by atoms with van der Waals surface area (Å²) in [5, 5.41) is 7.71. The number of aliphatic hydroxyl groups is 1. The summed E-state index contributed by atoms with van der Waals surface area (Å²) in [5.74, 6) is 0. The summed E-state index contributed by atoms with van der Waals surface area (Å²) in [7, 11) is 0. The average molecular weight is 222 g/mol. The summed E-state index contributed by atoms with van der Waals surface area (Å²) in [4.78, 5) is 27.4. The van der Waals surface area contributed by atoms with Crippen LogP contribution >= 0.6 is 0 Å². The largest absolute Gasteiger partial charge is 1.00 e. The molecule has 0 spiro atoms. The van der Waals surface area contributed by atoms with E-state index >= 15 is 0 Å². The Bertz CT molecular complexity index is 91.5. The van der Waals surface area contributed by atoms with Crippen molar-refractivity contribution in [1.29, 1.82) is 0 Å².